The summed E-state index contributed by atoms with van der Waals surface area (Å²) in [6, 6.07) is 13.3. The second kappa shape index (κ2) is 10.0. The number of benzene rings is 1. The van der Waals surface area contributed by atoms with Crippen LogP contribution in [0.3, 0.4) is 0 Å². The van der Waals surface area contributed by atoms with Crippen molar-refractivity contribution < 1.29 is 19.7 Å². The van der Waals surface area contributed by atoms with Crippen LogP contribution in [-0.4, -0.2) is 21.9 Å². The summed E-state index contributed by atoms with van der Waals surface area (Å²) in [4.78, 5) is 15.2. The van der Waals surface area contributed by atoms with Crippen LogP contribution in [0.25, 0.3) is 0 Å². The lowest BCUT2D eigenvalue weighted by molar-refractivity contribution is 0.280. The van der Waals surface area contributed by atoms with Gasteiger partial charge in [0.05, 0.1) is 12.2 Å². The maximum Gasteiger partial charge on any atom is 0.343 e. The molecule has 0 saturated heterocycles. The standard InChI is InChI=1S/C26H30O5S/c1-2-16(13-18-5-3-4-6-19(18)15-28)22-14-21(29)25(26(30)31-22)24(17-7-8-17)23-10-9-20(32-23)11-12-27/h3-6,9-10,14,16-17,24,27-29H,2,7-8,11-13,15H2,1H3/t16-,24-/m1/s1. The molecule has 1 aromatic carbocycles. The van der Waals surface area contributed by atoms with E-state index in [1.807, 2.05) is 43.3 Å². The highest BCUT2D eigenvalue weighted by atomic mass is 32.1. The van der Waals surface area contributed by atoms with Crippen molar-refractivity contribution in [2.75, 3.05) is 6.61 Å². The molecule has 1 aliphatic rings. The molecule has 0 spiro atoms. The Morgan fingerprint density at radius 3 is 2.50 bits per heavy atom. The normalized spacial score (nSPS) is 15.6. The van der Waals surface area contributed by atoms with Crippen LogP contribution in [0.2, 0.25) is 0 Å². The molecule has 170 valence electrons. The Balaban J connectivity index is 1.66. The molecule has 0 bridgehead atoms. The van der Waals surface area contributed by atoms with E-state index in [4.69, 9.17) is 4.42 Å². The SMILES string of the molecule is CC[C@H](Cc1ccccc1CO)c1cc(O)c([C@@H](c2ccc(CCO)s2)C2CC2)c(=O)o1. The fourth-order valence-corrected chi connectivity index (χ4v) is 5.67. The van der Waals surface area contributed by atoms with E-state index in [1.54, 1.807) is 17.4 Å². The van der Waals surface area contributed by atoms with Crippen molar-refractivity contribution in [3.05, 3.63) is 85.1 Å². The van der Waals surface area contributed by atoms with Gasteiger partial charge in [0.2, 0.25) is 0 Å². The minimum atomic E-state index is -0.470. The summed E-state index contributed by atoms with van der Waals surface area (Å²) in [7, 11) is 0. The van der Waals surface area contributed by atoms with Crippen LogP contribution in [0, 0.1) is 5.92 Å². The van der Waals surface area contributed by atoms with Crippen LogP contribution in [0.4, 0.5) is 0 Å². The summed E-state index contributed by atoms with van der Waals surface area (Å²) >= 11 is 1.59. The summed E-state index contributed by atoms with van der Waals surface area (Å²) < 4.78 is 5.81. The minimum Gasteiger partial charge on any atom is -0.507 e. The molecule has 2 atom stereocenters. The summed E-state index contributed by atoms with van der Waals surface area (Å²) in [5.41, 5.74) is 1.75. The van der Waals surface area contributed by atoms with Crippen molar-refractivity contribution in [3.63, 3.8) is 0 Å². The summed E-state index contributed by atoms with van der Waals surface area (Å²) in [5, 5.41) is 29.8. The Labute approximate surface area is 192 Å². The van der Waals surface area contributed by atoms with Gasteiger partial charge < -0.3 is 19.7 Å². The Morgan fingerprint density at radius 2 is 1.88 bits per heavy atom. The fraction of sp³-hybridized carbons (Fsp3) is 0.423. The van der Waals surface area contributed by atoms with E-state index < -0.39 is 5.63 Å². The quantitative estimate of drug-likeness (QED) is 0.413. The van der Waals surface area contributed by atoms with E-state index in [-0.39, 0.29) is 30.8 Å². The van der Waals surface area contributed by atoms with E-state index in [1.165, 1.54) is 0 Å². The lowest BCUT2D eigenvalue weighted by atomic mass is 9.89. The Hall–Kier alpha value is -2.41. The van der Waals surface area contributed by atoms with E-state index in [0.29, 0.717) is 30.1 Å². The fourth-order valence-electron chi connectivity index (χ4n) is 4.46. The first-order chi connectivity index (χ1) is 15.5. The average Bonchev–Trinajstić information content (AvgIpc) is 3.52. The molecule has 3 N–H and O–H groups in total. The van der Waals surface area contributed by atoms with Crippen molar-refractivity contribution in [2.45, 2.75) is 57.5 Å². The van der Waals surface area contributed by atoms with Gasteiger partial charge in [-0.1, -0.05) is 31.2 Å². The molecule has 4 rings (SSSR count). The van der Waals surface area contributed by atoms with Gasteiger partial charge >= 0.3 is 5.63 Å². The molecule has 0 radical (unpaired) electrons. The zero-order valence-corrected chi connectivity index (χ0v) is 19.1. The third kappa shape index (κ3) is 4.82. The monoisotopic (exact) mass is 454 g/mol. The molecule has 5 nitrogen and oxygen atoms in total. The molecule has 1 saturated carbocycles. The number of rotatable bonds is 10. The predicted octanol–water partition coefficient (Wildman–Crippen LogP) is 4.71. The van der Waals surface area contributed by atoms with Gasteiger partial charge in [-0.3, -0.25) is 0 Å². The molecule has 1 aliphatic carbocycles. The number of thiophene rings is 1. The number of aromatic hydroxyl groups is 1. The van der Waals surface area contributed by atoms with Gasteiger partial charge in [0.1, 0.15) is 11.5 Å². The highest BCUT2D eigenvalue weighted by Gasteiger charge is 2.38. The van der Waals surface area contributed by atoms with Gasteiger partial charge in [0.15, 0.2) is 0 Å². The molecular weight excluding hydrogens is 424 g/mol. The second-order valence-corrected chi connectivity index (χ2v) is 9.76. The maximum absolute atomic E-state index is 13.1. The van der Waals surface area contributed by atoms with Crippen LogP contribution >= 0.6 is 11.3 Å². The van der Waals surface area contributed by atoms with Gasteiger partial charge in [0, 0.05) is 40.7 Å². The second-order valence-electron chi connectivity index (χ2n) is 8.56. The number of aliphatic hydroxyl groups excluding tert-OH is 2. The first-order valence-corrected chi connectivity index (χ1v) is 12.1. The molecule has 3 aromatic rings. The van der Waals surface area contributed by atoms with Crippen LogP contribution in [0.1, 0.15) is 70.2 Å². The van der Waals surface area contributed by atoms with Gasteiger partial charge in [-0.25, -0.2) is 4.79 Å². The first kappa shape index (κ1) is 22.8. The van der Waals surface area contributed by atoms with Crippen molar-refractivity contribution >= 4 is 11.3 Å². The van der Waals surface area contributed by atoms with Gasteiger partial charge in [-0.05, 0) is 54.9 Å². The Bertz CT molecular complexity index is 1110. The topological polar surface area (TPSA) is 90.9 Å². The largest absolute Gasteiger partial charge is 0.507 e. The first-order valence-electron chi connectivity index (χ1n) is 11.3. The lowest BCUT2D eigenvalue weighted by Gasteiger charge is -2.19. The minimum absolute atomic E-state index is 0.000786. The summed E-state index contributed by atoms with van der Waals surface area (Å²) in [6.45, 7) is 2.08. The van der Waals surface area contributed by atoms with Crippen molar-refractivity contribution in [1.29, 1.82) is 0 Å². The van der Waals surface area contributed by atoms with E-state index in [2.05, 4.69) is 0 Å². The third-order valence-electron chi connectivity index (χ3n) is 6.39. The molecule has 6 heteroatoms. The van der Waals surface area contributed by atoms with E-state index in [9.17, 15) is 20.1 Å². The summed E-state index contributed by atoms with van der Waals surface area (Å²) in [6.07, 6.45) is 4.00. The Kier molecular flexibility index (Phi) is 7.13. The summed E-state index contributed by atoms with van der Waals surface area (Å²) in [5.74, 6) is 0.557. The molecule has 0 amide bonds. The van der Waals surface area contributed by atoms with Gasteiger partial charge in [-0.15, -0.1) is 11.3 Å². The highest BCUT2D eigenvalue weighted by Crippen LogP contribution is 2.49. The number of aliphatic hydroxyl groups is 2. The predicted molar refractivity (Wildman–Crippen MR) is 125 cm³/mol. The van der Waals surface area contributed by atoms with Crippen molar-refractivity contribution in [1.82, 2.24) is 0 Å². The number of hydrogen-bond acceptors (Lipinski definition) is 6. The smallest absolute Gasteiger partial charge is 0.343 e. The molecule has 2 heterocycles. The average molecular weight is 455 g/mol. The third-order valence-corrected chi connectivity index (χ3v) is 7.62. The molecular formula is C26H30O5S. The molecule has 1 fully saturated rings. The number of hydrogen-bond donors (Lipinski definition) is 3. The highest BCUT2D eigenvalue weighted by molar-refractivity contribution is 7.12. The van der Waals surface area contributed by atoms with Crippen LogP contribution in [0.15, 0.2) is 51.7 Å². The maximum atomic E-state index is 13.1. The van der Waals surface area contributed by atoms with Crippen molar-refractivity contribution in [3.8, 4) is 5.75 Å². The van der Waals surface area contributed by atoms with Crippen LogP contribution < -0.4 is 5.63 Å². The molecule has 2 aromatic heterocycles. The van der Waals surface area contributed by atoms with E-state index >= 15 is 0 Å². The molecule has 32 heavy (non-hydrogen) atoms. The van der Waals surface area contributed by atoms with Crippen molar-refractivity contribution in [2.24, 2.45) is 5.92 Å². The van der Waals surface area contributed by atoms with Crippen LogP contribution in [-0.2, 0) is 19.4 Å². The zero-order chi connectivity index (χ0) is 22.7. The zero-order valence-electron chi connectivity index (χ0n) is 18.3. The van der Waals surface area contributed by atoms with Gasteiger partial charge in [0.25, 0.3) is 0 Å². The van der Waals surface area contributed by atoms with E-state index in [0.717, 1.165) is 40.1 Å². The molecule has 0 unspecified atom stereocenters. The van der Waals surface area contributed by atoms with Gasteiger partial charge in [-0.2, -0.15) is 0 Å². The van der Waals surface area contributed by atoms with Crippen LogP contribution in [0.5, 0.6) is 5.75 Å². The lowest BCUT2D eigenvalue weighted by Crippen LogP contribution is -2.17. The molecule has 0 aliphatic heterocycles. The Morgan fingerprint density at radius 1 is 1.12 bits per heavy atom.